The lowest BCUT2D eigenvalue weighted by molar-refractivity contribution is -0.225. The van der Waals surface area contributed by atoms with Crippen molar-refractivity contribution in [2.45, 2.75) is 12.3 Å². The largest absolute Gasteiger partial charge is 0.480 e. The molecular weight excluding hydrogens is 296 g/mol. The third kappa shape index (κ3) is 3.76. The van der Waals surface area contributed by atoms with E-state index in [1.54, 1.807) is 0 Å². The molecule has 0 aliphatic carbocycles. The summed E-state index contributed by atoms with van der Waals surface area (Å²) in [6.45, 7) is -1.09. The minimum atomic E-state index is -4.79. The van der Waals surface area contributed by atoms with Crippen LogP contribution in [0.2, 0.25) is 10.0 Å². The first-order valence-corrected chi connectivity index (χ1v) is 5.33. The van der Waals surface area contributed by atoms with Crippen LogP contribution in [0, 0.1) is 0 Å². The number of hydrogen-bond donors (Lipinski definition) is 1. The van der Waals surface area contributed by atoms with E-state index in [4.69, 9.17) is 28.3 Å². The van der Waals surface area contributed by atoms with Crippen molar-refractivity contribution < 1.29 is 27.8 Å². The second-order valence-electron chi connectivity index (χ2n) is 3.27. The van der Waals surface area contributed by atoms with Gasteiger partial charge in [0.15, 0.2) is 6.10 Å². The molecule has 1 aromatic carbocycles. The number of benzene rings is 1. The summed E-state index contributed by atoms with van der Waals surface area (Å²) in [7, 11) is 0. The van der Waals surface area contributed by atoms with E-state index in [0.717, 1.165) is 6.07 Å². The van der Waals surface area contributed by atoms with Crippen molar-refractivity contribution >= 4 is 29.2 Å². The predicted molar refractivity (Wildman–Crippen MR) is 58.8 cm³/mol. The molecule has 0 radical (unpaired) electrons. The van der Waals surface area contributed by atoms with E-state index in [2.05, 4.69) is 4.74 Å². The van der Waals surface area contributed by atoms with E-state index in [1.807, 2.05) is 0 Å². The van der Waals surface area contributed by atoms with Gasteiger partial charge in [0.25, 0.3) is 0 Å². The fourth-order valence-electron chi connectivity index (χ4n) is 1.24. The molecule has 1 aromatic rings. The maximum absolute atomic E-state index is 12.7. The zero-order valence-electron chi connectivity index (χ0n) is 8.67. The summed E-state index contributed by atoms with van der Waals surface area (Å²) in [6.07, 6.45) is -7.22. The van der Waals surface area contributed by atoms with Crippen molar-refractivity contribution in [3.63, 3.8) is 0 Å². The fraction of sp³-hybridized carbons (Fsp3) is 0.300. The van der Waals surface area contributed by atoms with E-state index in [9.17, 15) is 18.0 Å². The van der Waals surface area contributed by atoms with E-state index >= 15 is 0 Å². The van der Waals surface area contributed by atoms with Gasteiger partial charge in [-0.1, -0.05) is 35.3 Å². The zero-order valence-corrected chi connectivity index (χ0v) is 10.2. The Labute approximate surface area is 110 Å². The van der Waals surface area contributed by atoms with Gasteiger partial charge in [-0.15, -0.1) is 0 Å². The van der Waals surface area contributed by atoms with Gasteiger partial charge in [-0.05, 0) is 6.07 Å². The molecule has 0 bridgehead atoms. The van der Waals surface area contributed by atoms with E-state index in [0.29, 0.717) is 0 Å². The summed E-state index contributed by atoms with van der Waals surface area (Å²) in [6, 6.07) is 3.67. The minimum Gasteiger partial charge on any atom is -0.480 e. The predicted octanol–water partition coefficient (Wildman–Crippen LogP) is 3.70. The van der Waals surface area contributed by atoms with Crippen LogP contribution in [0.5, 0.6) is 0 Å². The molecule has 0 amide bonds. The molecule has 0 aromatic heterocycles. The van der Waals surface area contributed by atoms with Gasteiger partial charge in [0.2, 0.25) is 0 Å². The zero-order chi connectivity index (χ0) is 13.9. The van der Waals surface area contributed by atoms with Crippen molar-refractivity contribution in [1.29, 1.82) is 0 Å². The SMILES string of the molecule is O=C(O)COC(c1cccc(Cl)c1Cl)C(F)(F)F. The lowest BCUT2D eigenvalue weighted by Gasteiger charge is -2.21. The highest BCUT2D eigenvalue weighted by atomic mass is 35.5. The van der Waals surface area contributed by atoms with Gasteiger partial charge in [0.1, 0.15) is 6.61 Å². The highest BCUT2D eigenvalue weighted by Gasteiger charge is 2.43. The van der Waals surface area contributed by atoms with Crippen molar-refractivity contribution in [2.24, 2.45) is 0 Å². The van der Waals surface area contributed by atoms with Crippen LogP contribution in [-0.4, -0.2) is 23.9 Å². The number of ether oxygens (including phenoxy) is 1. The third-order valence-corrected chi connectivity index (χ3v) is 2.77. The van der Waals surface area contributed by atoms with Gasteiger partial charge in [-0.25, -0.2) is 4.79 Å². The molecule has 0 aliphatic heterocycles. The first kappa shape index (κ1) is 15.1. The standard InChI is InChI=1S/C10H7Cl2F3O3/c11-6-3-1-2-5(8(6)12)9(10(13,14)15)18-4-7(16)17/h1-3,9H,4H2,(H,16,17). The molecule has 0 saturated heterocycles. The number of rotatable bonds is 4. The van der Waals surface area contributed by atoms with Crippen molar-refractivity contribution in [3.8, 4) is 0 Å². The number of alkyl halides is 3. The monoisotopic (exact) mass is 302 g/mol. The molecule has 8 heteroatoms. The summed E-state index contributed by atoms with van der Waals surface area (Å²) >= 11 is 11.2. The lowest BCUT2D eigenvalue weighted by Crippen LogP contribution is -2.26. The molecule has 0 fully saturated rings. The number of carboxylic acid groups (broad SMARTS) is 1. The number of halogens is 5. The quantitative estimate of drug-likeness (QED) is 0.922. The summed E-state index contributed by atoms with van der Waals surface area (Å²) in [5, 5.41) is 7.97. The highest BCUT2D eigenvalue weighted by molar-refractivity contribution is 6.42. The van der Waals surface area contributed by atoms with Gasteiger partial charge in [0, 0.05) is 5.56 Å². The molecule has 1 rings (SSSR count). The maximum Gasteiger partial charge on any atom is 0.418 e. The van der Waals surface area contributed by atoms with Crippen LogP contribution in [0.4, 0.5) is 13.2 Å². The smallest absolute Gasteiger partial charge is 0.418 e. The Kier molecular flexibility index (Phi) is 4.84. The molecule has 0 aliphatic rings. The van der Waals surface area contributed by atoms with Crippen LogP contribution in [0.25, 0.3) is 0 Å². The number of carboxylic acids is 1. The Hall–Kier alpha value is -0.980. The Bertz CT molecular complexity index is 448. The van der Waals surface area contributed by atoms with E-state index in [1.165, 1.54) is 12.1 Å². The van der Waals surface area contributed by atoms with Gasteiger partial charge >= 0.3 is 12.1 Å². The van der Waals surface area contributed by atoms with E-state index in [-0.39, 0.29) is 10.0 Å². The van der Waals surface area contributed by atoms with Crippen LogP contribution in [-0.2, 0) is 9.53 Å². The van der Waals surface area contributed by atoms with Crippen molar-refractivity contribution in [1.82, 2.24) is 0 Å². The van der Waals surface area contributed by atoms with Crippen LogP contribution in [0.1, 0.15) is 11.7 Å². The van der Waals surface area contributed by atoms with Gasteiger partial charge in [0.05, 0.1) is 10.0 Å². The fourth-order valence-corrected chi connectivity index (χ4v) is 1.65. The first-order valence-electron chi connectivity index (χ1n) is 4.57. The average molecular weight is 303 g/mol. The van der Waals surface area contributed by atoms with Crippen LogP contribution >= 0.6 is 23.2 Å². The minimum absolute atomic E-state index is 0.0673. The maximum atomic E-state index is 12.7. The molecule has 18 heavy (non-hydrogen) atoms. The second-order valence-corrected chi connectivity index (χ2v) is 4.05. The van der Waals surface area contributed by atoms with Crippen molar-refractivity contribution in [3.05, 3.63) is 33.8 Å². The van der Waals surface area contributed by atoms with Crippen LogP contribution in [0.3, 0.4) is 0 Å². The number of hydrogen-bond acceptors (Lipinski definition) is 2. The van der Waals surface area contributed by atoms with Gasteiger partial charge < -0.3 is 9.84 Å². The number of carbonyl (C=O) groups is 1. The first-order chi connectivity index (χ1) is 8.23. The molecule has 1 unspecified atom stereocenters. The van der Waals surface area contributed by atoms with E-state index < -0.39 is 30.4 Å². The molecule has 1 N–H and O–H groups in total. The summed E-state index contributed by atoms with van der Waals surface area (Å²) in [5.74, 6) is -1.51. The van der Waals surface area contributed by atoms with Crippen LogP contribution in [0.15, 0.2) is 18.2 Å². The van der Waals surface area contributed by atoms with Gasteiger partial charge in [-0.2, -0.15) is 13.2 Å². The Morgan fingerprint density at radius 2 is 2.00 bits per heavy atom. The molecule has 0 spiro atoms. The number of aliphatic carboxylic acids is 1. The molecule has 0 saturated carbocycles. The topological polar surface area (TPSA) is 46.5 Å². The Morgan fingerprint density at radius 3 is 2.50 bits per heavy atom. The Morgan fingerprint density at radius 1 is 1.39 bits per heavy atom. The van der Waals surface area contributed by atoms with Crippen molar-refractivity contribution in [2.75, 3.05) is 6.61 Å². The van der Waals surface area contributed by atoms with Gasteiger partial charge in [-0.3, -0.25) is 0 Å². The highest BCUT2D eigenvalue weighted by Crippen LogP contribution is 2.40. The third-order valence-electron chi connectivity index (χ3n) is 1.93. The van der Waals surface area contributed by atoms with Crippen LogP contribution < -0.4 is 0 Å². The Balaban J connectivity index is 3.10. The summed E-state index contributed by atoms with van der Waals surface area (Å²) < 4.78 is 42.6. The lowest BCUT2D eigenvalue weighted by atomic mass is 10.1. The molecule has 100 valence electrons. The molecular formula is C10H7Cl2F3O3. The normalized spacial score (nSPS) is 13.4. The summed E-state index contributed by atoms with van der Waals surface area (Å²) in [4.78, 5) is 10.3. The molecule has 1 atom stereocenters. The second kappa shape index (κ2) is 5.77. The summed E-state index contributed by atoms with van der Waals surface area (Å²) in [5.41, 5.74) is -0.419. The molecule has 3 nitrogen and oxygen atoms in total. The molecule has 0 heterocycles. The average Bonchev–Trinajstić information content (AvgIpc) is 2.22.